The number of unbranched alkanes of at least 4 members (excludes halogenated alkanes) is 9. The molecule has 0 aliphatic carbocycles. The van der Waals surface area contributed by atoms with Gasteiger partial charge >= 0.3 is 7.60 Å². The van der Waals surface area contributed by atoms with Crippen molar-refractivity contribution in [3.63, 3.8) is 0 Å². The molecule has 0 atom stereocenters. The van der Waals surface area contributed by atoms with Crippen molar-refractivity contribution in [3.05, 3.63) is 10.4 Å². The standard InChI is InChI=1S/C12H26N3O3P/c13-15-14-11-9-7-5-3-1-2-4-6-8-10-12-19(16,17)18/h1-12H2,(H2,16,17,18). The van der Waals surface area contributed by atoms with Crippen LogP contribution in [0.4, 0.5) is 0 Å². The molecule has 0 aliphatic heterocycles. The highest BCUT2D eigenvalue weighted by Gasteiger charge is 2.10. The van der Waals surface area contributed by atoms with Crippen LogP contribution in [0.2, 0.25) is 0 Å². The normalized spacial score (nSPS) is 11.3. The van der Waals surface area contributed by atoms with Crippen molar-refractivity contribution < 1.29 is 14.4 Å². The third kappa shape index (κ3) is 17.5. The lowest BCUT2D eigenvalue weighted by molar-refractivity contribution is 0.370. The Morgan fingerprint density at radius 2 is 1.26 bits per heavy atom. The summed E-state index contributed by atoms with van der Waals surface area (Å²) in [7, 11) is -3.78. The molecule has 0 saturated heterocycles. The molecule has 0 heterocycles. The summed E-state index contributed by atoms with van der Waals surface area (Å²) >= 11 is 0. The summed E-state index contributed by atoms with van der Waals surface area (Å²) < 4.78 is 10.6. The maximum Gasteiger partial charge on any atom is 0.325 e. The summed E-state index contributed by atoms with van der Waals surface area (Å²) in [6, 6.07) is 0. The van der Waals surface area contributed by atoms with Gasteiger partial charge in [0.25, 0.3) is 0 Å². The highest BCUT2D eigenvalue weighted by atomic mass is 31.2. The van der Waals surface area contributed by atoms with Gasteiger partial charge in [-0.25, -0.2) is 0 Å². The van der Waals surface area contributed by atoms with Crippen molar-refractivity contribution in [1.29, 1.82) is 0 Å². The summed E-state index contributed by atoms with van der Waals surface area (Å²) in [5, 5.41) is 3.49. The molecule has 0 rings (SSSR count). The topological polar surface area (TPSA) is 106 Å². The monoisotopic (exact) mass is 291 g/mol. The van der Waals surface area contributed by atoms with Crippen LogP contribution in [-0.2, 0) is 4.57 Å². The van der Waals surface area contributed by atoms with Gasteiger partial charge in [-0.1, -0.05) is 56.5 Å². The molecule has 0 unspecified atom stereocenters. The van der Waals surface area contributed by atoms with Crippen LogP contribution in [0.25, 0.3) is 10.4 Å². The van der Waals surface area contributed by atoms with Gasteiger partial charge in [-0.3, -0.25) is 4.57 Å². The molecular formula is C12H26N3O3P. The first-order valence-electron chi connectivity index (χ1n) is 7.12. The van der Waals surface area contributed by atoms with E-state index in [1.165, 1.54) is 25.7 Å². The zero-order valence-electron chi connectivity index (χ0n) is 11.6. The Balaban J connectivity index is 3.07. The summed E-state index contributed by atoms with van der Waals surface area (Å²) in [6.45, 7) is 0.607. The van der Waals surface area contributed by atoms with Crippen LogP contribution in [0.3, 0.4) is 0 Å². The second-order valence-electron chi connectivity index (χ2n) is 4.88. The van der Waals surface area contributed by atoms with Crippen LogP contribution in [-0.4, -0.2) is 22.5 Å². The van der Waals surface area contributed by atoms with Crippen molar-refractivity contribution in [2.75, 3.05) is 12.7 Å². The Hall–Kier alpha value is -0.540. The van der Waals surface area contributed by atoms with Crippen molar-refractivity contribution >= 4 is 7.60 Å². The van der Waals surface area contributed by atoms with Gasteiger partial charge in [0.05, 0.1) is 0 Å². The second-order valence-corrected chi connectivity index (χ2v) is 6.65. The Bertz CT molecular complexity index is 301. The van der Waals surface area contributed by atoms with Crippen LogP contribution in [0.15, 0.2) is 5.11 Å². The summed E-state index contributed by atoms with van der Waals surface area (Å²) in [5.74, 6) is 0. The molecule has 0 aromatic rings. The number of nitrogens with zero attached hydrogens (tertiary/aromatic N) is 3. The van der Waals surface area contributed by atoms with Crippen LogP contribution < -0.4 is 0 Å². The first kappa shape index (κ1) is 18.5. The van der Waals surface area contributed by atoms with Gasteiger partial charge in [0.2, 0.25) is 0 Å². The molecule has 0 amide bonds. The summed E-state index contributed by atoms with van der Waals surface area (Å²) in [6.07, 6.45) is 10.7. The maximum atomic E-state index is 10.6. The summed E-state index contributed by atoms with van der Waals surface area (Å²) in [4.78, 5) is 20.1. The van der Waals surface area contributed by atoms with E-state index in [2.05, 4.69) is 10.0 Å². The lowest BCUT2D eigenvalue weighted by Gasteiger charge is -2.04. The SMILES string of the molecule is [N-]=[N+]=NCCCCCCCCCCCCP(=O)(O)O. The molecule has 0 spiro atoms. The van der Waals surface area contributed by atoms with E-state index in [0.717, 1.165) is 32.1 Å². The van der Waals surface area contributed by atoms with E-state index in [4.69, 9.17) is 15.3 Å². The molecule has 0 bridgehead atoms. The van der Waals surface area contributed by atoms with Crippen LogP contribution >= 0.6 is 7.60 Å². The Kier molecular flexibility index (Phi) is 12.1. The predicted molar refractivity (Wildman–Crippen MR) is 77.1 cm³/mol. The van der Waals surface area contributed by atoms with E-state index < -0.39 is 7.60 Å². The minimum absolute atomic E-state index is 0.0260. The average molecular weight is 291 g/mol. The van der Waals surface area contributed by atoms with Crippen molar-refractivity contribution in [3.8, 4) is 0 Å². The molecule has 7 heteroatoms. The molecule has 0 aromatic heterocycles. The molecule has 19 heavy (non-hydrogen) atoms. The Morgan fingerprint density at radius 3 is 1.68 bits per heavy atom. The molecule has 0 aromatic carbocycles. The maximum absolute atomic E-state index is 10.6. The molecule has 0 saturated carbocycles. The Labute approximate surface area is 115 Å². The third-order valence-electron chi connectivity index (χ3n) is 3.02. The van der Waals surface area contributed by atoms with Gasteiger partial charge in [0.15, 0.2) is 0 Å². The lowest BCUT2D eigenvalue weighted by Crippen LogP contribution is -1.88. The highest BCUT2D eigenvalue weighted by molar-refractivity contribution is 7.51. The molecule has 0 aliphatic rings. The number of azide groups is 1. The van der Waals surface area contributed by atoms with Crippen molar-refractivity contribution in [2.24, 2.45) is 5.11 Å². The lowest BCUT2D eigenvalue weighted by atomic mass is 10.1. The van der Waals surface area contributed by atoms with Crippen molar-refractivity contribution in [2.45, 2.75) is 64.2 Å². The minimum Gasteiger partial charge on any atom is -0.324 e. The number of hydrogen-bond acceptors (Lipinski definition) is 2. The average Bonchev–Trinajstić information content (AvgIpc) is 2.34. The van der Waals surface area contributed by atoms with E-state index in [1.54, 1.807) is 0 Å². The fourth-order valence-corrected chi connectivity index (χ4v) is 2.59. The van der Waals surface area contributed by atoms with Crippen molar-refractivity contribution in [1.82, 2.24) is 0 Å². The predicted octanol–water partition coefficient (Wildman–Crippen LogP) is 4.38. The van der Waals surface area contributed by atoms with E-state index in [9.17, 15) is 4.57 Å². The molecule has 2 N–H and O–H groups in total. The molecular weight excluding hydrogens is 265 g/mol. The fraction of sp³-hybridized carbons (Fsp3) is 1.00. The minimum atomic E-state index is -3.78. The molecule has 112 valence electrons. The smallest absolute Gasteiger partial charge is 0.324 e. The Morgan fingerprint density at radius 1 is 0.842 bits per heavy atom. The highest BCUT2D eigenvalue weighted by Crippen LogP contribution is 2.35. The molecule has 0 fully saturated rings. The molecule has 6 nitrogen and oxygen atoms in total. The van der Waals surface area contributed by atoms with Crippen LogP contribution in [0.5, 0.6) is 0 Å². The van der Waals surface area contributed by atoms with Crippen LogP contribution in [0.1, 0.15) is 64.2 Å². The molecule has 0 radical (unpaired) electrons. The first-order valence-corrected chi connectivity index (χ1v) is 8.91. The number of rotatable bonds is 13. The van der Waals surface area contributed by atoms with E-state index in [1.807, 2.05) is 0 Å². The zero-order chi connectivity index (χ0) is 14.4. The van der Waals surface area contributed by atoms with Gasteiger partial charge in [0.1, 0.15) is 0 Å². The second kappa shape index (κ2) is 12.5. The quantitative estimate of drug-likeness (QED) is 0.173. The summed E-state index contributed by atoms with van der Waals surface area (Å²) in [5.41, 5.74) is 8.09. The van der Waals surface area contributed by atoms with Gasteiger partial charge in [0, 0.05) is 17.6 Å². The van der Waals surface area contributed by atoms with Gasteiger partial charge in [-0.2, -0.15) is 0 Å². The van der Waals surface area contributed by atoms with E-state index in [0.29, 0.717) is 13.0 Å². The van der Waals surface area contributed by atoms with Gasteiger partial charge in [-0.15, -0.1) is 0 Å². The largest absolute Gasteiger partial charge is 0.325 e. The zero-order valence-corrected chi connectivity index (χ0v) is 12.5. The first-order chi connectivity index (χ1) is 9.06. The van der Waals surface area contributed by atoms with Crippen LogP contribution in [0, 0.1) is 0 Å². The van der Waals surface area contributed by atoms with E-state index in [-0.39, 0.29) is 6.16 Å². The number of hydrogen-bond donors (Lipinski definition) is 2. The van der Waals surface area contributed by atoms with Gasteiger partial charge in [-0.05, 0) is 18.4 Å². The fourth-order valence-electron chi connectivity index (χ4n) is 1.96. The van der Waals surface area contributed by atoms with E-state index >= 15 is 0 Å². The third-order valence-corrected chi connectivity index (χ3v) is 3.92. The van der Waals surface area contributed by atoms with Gasteiger partial charge < -0.3 is 9.79 Å².